The third-order valence-electron chi connectivity index (χ3n) is 4.14. The summed E-state index contributed by atoms with van der Waals surface area (Å²) in [5, 5.41) is 2.84. The monoisotopic (exact) mass is 417 g/mol. The Morgan fingerprint density at radius 2 is 1.86 bits per heavy atom. The molecule has 1 heterocycles. The van der Waals surface area contributed by atoms with Gasteiger partial charge in [0.25, 0.3) is 5.91 Å². The number of pyridine rings is 1. The first kappa shape index (κ1) is 20.7. The highest BCUT2D eigenvalue weighted by Gasteiger charge is 2.29. The fourth-order valence-electron chi connectivity index (χ4n) is 2.49. The minimum atomic E-state index is -4.36. The summed E-state index contributed by atoms with van der Waals surface area (Å²) in [6.45, 7) is 2.25. The van der Waals surface area contributed by atoms with Gasteiger partial charge in [-0.2, -0.15) is 13.2 Å². The highest BCUT2D eigenvalue weighted by Crippen LogP contribution is 2.31. The first-order valence-corrected chi connectivity index (χ1v) is 9.52. The lowest BCUT2D eigenvalue weighted by molar-refractivity contribution is -0.137. The van der Waals surface area contributed by atoms with Crippen LogP contribution in [0.5, 0.6) is 0 Å². The summed E-state index contributed by atoms with van der Waals surface area (Å²) in [5.41, 5.74) is 2.31. The number of carbonyl (C=O) groups excluding carboxylic acids is 1. The molecule has 29 heavy (non-hydrogen) atoms. The number of nitrogens with zero attached hydrogens (tertiary/aromatic N) is 1. The van der Waals surface area contributed by atoms with Crippen LogP contribution in [0.2, 0.25) is 0 Å². The van der Waals surface area contributed by atoms with E-state index in [4.69, 9.17) is 0 Å². The van der Waals surface area contributed by atoms with Crippen molar-refractivity contribution in [3.8, 4) is 0 Å². The van der Waals surface area contributed by atoms with Crippen LogP contribution in [0.1, 0.15) is 27.0 Å². The summed E-state index contributed by atoms with van der Waals surface area (Å²) >= 11 is 1.18. The van der Waals surface area contributed by atoms with E-state index in [0.29, 0.717) is 22.7 Å². The van der Waals surface area contributed by atoms with E-state index < -0.39 is 11.7 Å². The molecule has 1 amide bonds. The summed E-state index contributed by atoms with van der Waals surface area (Å²) in [4.78, 5) is 17.0. The first-order chi connectivity index (χ1) is 13.8. The van der Waals surface area contributed by atoms with Crippen LogP contribution < -0.4 is 10.0 Å². The number of hydrogen-bond acceptors (Lipinski definition) is 4. The van der Waals surface area contributed by atoms with E-state index in [-0.39, 0.29) is 5.91 Å². The van der Waals surface area contributed by atoms with Crippen molar-refractivity contribution in [2.75, 3.05) is 4.72 Å². The zero-order chi connectivity index (χ0) is 20.9. The molecule has 0 saturated carbocycles. The summed E-state index contributed by atoms with van der Waals surface area (Å²) in [6.07, 6.45) is -1.01. The second-order valence-electron chi connectivity index (χ2n) is 6.30. The number of aromatic nitrogens is 1. The summed E-state index contributed by atoms with van der Waals surface area (Å²) < 4.78 is 41.1. The molecule has 2 N–H and O–H groups in total. The summed E-state index contributed by atoms with van der Waals surface area (Å²) in [6, 6.07) is 13.8. The second-order valence-corrected chi connectivity index (χ2v) is 7.18. The van der Waals surface area contributed by atoms with Crippen molar-refractivity contribution in [3.63, 3.8) is 0 Å². The van der Waals surface area contributed by atoms with Crippen molar-refractivity contribution in [3.05, 3.63) is 89.2 Å². The Balaban J connectivity index is 1.63. The number of alkyl halides is 3. The molecule has 0 bridgehead atoms. The highest BCUT2D eigenvalue weighted by molar-refractivity contribution is 8.00. The number of carbonyl (C=O) groups is 1. The molecule has 8 heteroatoms. The van der Waals surface area contributed by atoms with Crippen molar-refractivity contribution in [1.82, 2.24) is 10.3 Å². The lowest BCUT2D eigenvalue weighted by Gasteiger charge is -2.12. The third-order valence-corrected chi connectivity index (χ3v) is 4.97. The normalized spacial score (nSPS) is 11.2. The van der Waals surface area contributed by atoms with Crippen LogP contribution in [0.25, 0.3) is 0 Å². The minimum absolute atomic E-state index is 0.226. The molecular formula is C21H18F3N3OS. The number of amides is 1. The molecule has 0 aliphatic rings. The Morgan fingerprint density at radius 1 is 1.10 bits per heavy atom. The molecule has 0 atom stereocenters. The minimum Gasteiger partial charge on any atom is -0.348 e. The number of halogens is 3. The molecule has 0 aliphatic carbocycles. The molecule has 1 aromatic heterocycles. The fourth-order valence-corrected chi connectivity index (χ4v) is 3.21. The Hall–Kier alpha value is -3.00. The number of hydrogen-bond donors (Lipinski definition) is 2. The molecule has 0 saturated heterocycles. The van der Waals surface area contributed by atoms with Crippen molar-refractivity contribution < 1.29 is 18.0 Å². The van der Waals surface area contributed by atoms with Crippen LogP contribution in [-0.4, -0.2) is 10.9 Å². The maximum atomic E-state index is 12.7. The van der Waals surface area contributed by atoms with Gasteiger partial charge in [-0.15, -0.1) is 0 Å². The van der Waals surface area contributed by atoms with E-state index in [1.807, 2.05) is 19.1 Å². The molecular weight excluding hydrogens is 399 g/mol. The SMILES string of the molecule is Cc1ccc(C(=O)NCc2cccnc2)cc1NSc1ccc(C(F)(F)F)cc1. The predicted molar refractivity (Wildman–Crippen MR) is 108 cm³/mol. The van der Waals surface area contributed by atoms with Crippen LogP contribution in [-0.2, 0) is 12.7 Å². The quantitative estimate of drug-likeness (QED) is 0.523. The van der Waals surface area contributed by atoms with Gasteiger partial charge in [-0.25, -0.2) is 0 Å². The molecule has 150 valence electrons. The molecule has 3 aromatic rings. The Labute approximate surface area is 170 Å². The van der Waals surface area contributed by atoms with Crippen molar-refractivity contribution >= 4 is 23.5 Å². The van der Waals surface area contributed by atoms with Gasteiger partial charge in [-0.1, -0.05) is 12.1 Å². The second kappa shape index (κ2) is 9.00. The van der Waals surface area contributed by atoms with Gasteiger partial charge in [0.1, 0.15) is 0 Å². The third kappa shape index (κ3) is 5.74. The van der Waals surface area contributed by atoms with Crippen LogP contribution >= 0.6 is 11.9 Å². The average Bonchev–Trinajstić information content (AvgIpc) is 2.72. The molecule has 0 aliphatic heterocycles. The van der Waals surface area contributed by atoms with E-state index in [2.05, 4.69) is 15.0 Å². The number of anilines is 1. The number of benzene rings is 2. The van der Waals surface area contributed by atoms with Crippen LogP contribution in [0.4, 0.5) is 18.9 Å². The summed E-state index contributed by atoms with van der Waals surface area (Å²) in [5.74, 6) is -0.226. The molecule has 0 radical (unpaired) electrons. The first-order valence-electron chi connectivity index (χ1n) is 8.71. The Morgan fingerprint density at radius 3 is 2.52 bits per heavy atom. The van der Waals surface area contributed by atoms with Crippen LogP contribution in [0, 0.1) is 6.92 Å². The number of rotatable bonds is 6. The zero-order valence-electron chi connectivity index (χ0n) is 15.5. The van der Waals surface area contributed by atoms with Crippen LogP contribution in [0.3, 0.4) is 0 Å². The molecule has 3 rings (SSSR count). The topological polar surface area (TPSA) is 54.0 Å². The van der Waals surface area contributed by atoms with Gasteiger partial charge >= 0.3 is 6.18 Å². The number of nitrogens with one attached hydrogen (secondary N) is 2. The smallest absolute Gasteiger partial charge is 0.348 e. The van der Waals surface area contributed by atoms with Gasteiger partial charge in [0.05, 0.1) is 5.56 Å². The predicted octanol–water partition coefficient (Wildman–Crippen LogP) is 5.46. The van der Waals surface area contributed by atoms with Gasteiger partial charge in [0.2, 0.25) is 0 Å². The maximum absolute atomic E-state index is 12.7. The zero-order valence-corrected chi connectivity index (χ0v) is 16.3. The lowest BCUT2D eigenvalue weighted by Crippen LogP contribution is -2.22. The molecule has 2 aromatic carbocycles. The standard InChI is InChI=1S/C21H18F3N3OS/c1-14-4-5-16(20(28)26-13-15-3-2-10-25-12-15)11-19(14)27-29-18-8-6-17(7-9-18)21(22,23)24/h2-12,27H,13H2,1H3,(H,26,28). The van der Waals surface area contributed by atoms with E-state index in [1.165, 1.54) is 24.1 Å². The fraction of sp³-hybridized carbons (Fsp3) is 0.143. The lowest BCUT2D eigenvalue weighted by atomic mass is 10.1. The van der Waals surface area contributed by atoms with Gasteiger partial charge in [0.15, 0.2) is 0 Å². The van der Waals surface area contributed by atoms with Gasteiger partial charge in [-0.3, -0.25) is 9.78 Å². The van der Waals surface area contributed by atoms with Gasteiger partial charge < -0.3 is 10.0 Å². The largest absolute Gasteiger partial charge is 0.416 e. The van der Waals surface area contributed by atoms with E-state index in [1.54, 1.807) is 30.6 Å². The number of aryl methyl sites for hydroxylation is 1. The Kier molecular flexibility index (Phi) is 6.43. The van der Waals surface area contributed by atoms with Crippen molar-refractivity contribution in [1.29, 1.82) is 0 Å². The molecule has 0 fully saturated rings. The van der Waals surface area contributed by atoms with E-state index in [0.717, 1.165) is 23.3 Å². The van der Waals surface area contributed by atoms with Gasteiger partial charge in [-0.05, 0) is 72.5 Å². The average molecular weight is 417 g/mol. The molecule has 0 unspecified atom stereocenters. The molecule has 4 nitrogen and oxygen atoms in total. The van der Waals surface area contributed by atoms with Crippen molar-refractivity contribution in [2.45, 2.75) is 24.5 Å². The Bertz CT molecular complexity index is 977. The van der Waals surface area contributed by atoms with E-state index >= 15 is 0 Å². The molecule has 0 spiro atoms. The maximum Gasteiger partial charge on any atom is 0.416 e. The van der Waals surface area contributed by atoms with Gasteiger partial charge in [0, 0.05) is 35.1 Å². The van der Waals surface area contributed by atoms with E-state index in [9.17, 15) is 18.0 Å². The highest BCUT2D eigenvalue weighted by atomic mass is 32.2. The van der Waals surface area contributed by atoms with Crippen molar-refractivity contribution in [2.24, 2.45) is 0 Å². The van der Waals surface area contributed by atoms with Crippen LogP contribution in [0.15, 0.2) is 71.9 Å². The summed E-state index contributed by atoms with van der Waals surface area (Å²) in [7, 11) is 0.